The van der Waals surface area contributed by atoms with Gasteiger partial charge in [-0.3, -0.25) is 14.6 Å². The van der Waals surface area contributed by atoms with E-state index in [0.29, 0.717) is 17.1 Å². The molecule has 29 heavy (non-hydrogen) atoms. The van der Waals surface area contributed by atoms with Gasteiger partial charge in [0, 0.05) is 23.0 Å². The van der Waals surface area contributed by atoms with E-state index in [2.05, 4.69) is 25.7 Å². The van der Waals surface area contributed by atoms with Crippen molar-refractivity contribution in [1.82, 2.24) is 19.7 Å². The molecule has 0 saturated heterocycles. The number of fused-ring (bicyclic) bond motifs is 1. The second-order valence-electron chi connectivity index (χ2n) is 6.45. The number of rotatable bonds is 5. The zero-order valence-corrected chi connectivity index (χ0v) is 15.6. The number of nitrogens with zero attached hydrogens (tertiary/aromatic N) is 4. The first kappa shape index (κ1) is 18.3. The van der Waals surface area contributed by atoms with Crippen molar-refractivity contribution in [2.24, 2.45) is 0 Å². The minimum atomic E-state index is -0.491. The second-order valence-corrected chi connectivity index (χ2v) is 6.45. The van der Waals surface area contributed by atoms with Gasteiger partial charge in [-0.25, -0.2) is 9.67 Å². The topological polar surface area (TPSA) is 102 Å². The molecule has 0 bridgehead atoms. The first-order chi connectivity index (χ1) is 14.1. The van der Waals surface area contributed by atoms with Gasteiger partial charge in [0.05, 0.1) is 0 Å². The molecule has 8 nitrogen and oxygen atoms in total. The highest BCUT2D eigenvalue weighted by Gasteiger charge is 2.16. The molecule has 1 unspecified atom stereocenters. The minimum absolute atomic E-state index is 0.216. The maximum Gasteiger partial charge on any atom is 0.274 e. The fraction of sp³-hybridized carbons (Fsp3) is 0.0952. The molecular weight excluding hydrogens is 368 g/mol. The molecule has 0 fully saturated rings. The Balaban J connectivity index is 1.44. The summed E-state index contributed by atoms with van der Waals surface area (Å²) in [4.78, 5) is 33.0. The summed E-state index contributed by atoms with van der Waals surface area (Å²) in [7, 11) is 0. The van der Waals surface area contributed by atoms with Crippen LogP contribution in [0.2, 0.25) is 0 Å². The van der Waals surface area contributed by atoms with E-state index in [9.17, 15) is 9.59 Å². The van der Waals surface area contributed by atoms with Crippen LogP contribution in [0.3, 0.4) is 0 Å². The molecule has 2 aromatic carbocycles. The lowest BCUT2D eigenvalue weighted by molar-refractivity contribution is -0.119. The lowest BCUT2D eigenvalue weighted by atomic mass is 10.1. The van der Waals surface area contributed by atoms with Crippen LogP contribution < -0.4 is 10.6 Å². The molecular formula is C21H18N6O2. The van der Waals surface area contributed by atoms with Crippen LogP contribution in [0.25, 0.3) is 10.8 Å². The van der Waals surface area contributed by atoms with Crippen molar-refractivity contribution in [2.45, 2.75) is 13.0 Å². The molecule has 2 N–H and O–H groups in total. The number of carbonyl (C=O) groups is 2. The molecule has 2 amide bonds. The molecule has 0 saturated carbocycles. The lowest BCUT2D eigenvalue weighted by Crippen LogP contribution is -2.24. The molecule has 0 spiro atoms. The average molecular weight is 386 g/mol. The van der Waals surface area contributed by atoms with Crippen LogP contribution in [0.1, 0.15) is 23.5 Å². The second kappa shape index (κ2) is 7.89. The Hall–Kier alpha value is -4.07. The largest absolute Gasteiger partial charge is 0.324 e. The molecule has 2 aromatic heterocycles. The Morgan fingerprint density at radius 2 is 1.69 bits per heavy atom. The van der Waals surface area contributed by atoms with Crippen molar-refractivity contribution >= 4 is 34.0 Å². The van der Waals surface area contributed by atoms with E-state index >= 15 is 0 Å². The molecule has 0 radical (unpaired) electrons. The molecule has 0 aliphatic heterocycles. The Labute approximate surface area is 166 Å². The van der Waals surface area contributed by atoms with Crippen LogP contribution in [0.4, 0.5) is 11.4 Å². The van der Waals surface area contributed by atoms with E-state index in [1.807, 2.05) is 30.3 Å². The summed E-state index contributed by atoms with van der Waals surface area (Å²) in [5.41, 5.74) is 1.58. The van der Waals surface area contributed by atoms with Gasteiger partial charge in [-0.05, 0) is 42.6 Å². The Bertz CT molecular complexity index is 1150. The highest BCUT2D eigenvalue weighted by molar-refractivity contribution is 6.11. The maximum atomic E-state index is 12.7. The number of amides is 2. The highest BCUT2D eigenvalue weighted by atomic mass is 16.2. The number of hydrogen-bond acceptors (Lipinski definition) is 5. The van der Waals surface area contributed by atoms with Crippen LogP contribution in [-0.2, 0) is 4.79 Å². The normalized spacial score (nSPS) is 11.8. The van der Waals surface area contributed by atoms with Crippen LogP contribution in [0.5, 0.6) is 0 Å². The molecule has 0 aliphatic carbocycles. The third-order valence-corrected chi connectivity index (χ3v) is 4.51. The third-order valence-electron chi connectivity index (χ3n) is 4.51. The number of aromatic nitrogens is 4. The van der Waals surface area contributed by atoms with Gasteiger partial charge in [-0.2, -0.15) is 5.10 Å². The number of pyridine rings is 1. The van der Waals surface area contributed by atoms with Gasteiger partial charge in [0.25, 0.3) is 5.91 Å². The predicted molar refractivity (Wildman–Crippen MR) is 110 cm³/mol. The summed E-state index contributed by atoms with van der Waals surface area (Å²) in [5.74, 6) is -0.509. The zero-order valence-electron chi connectivity index (χ0n) is 15.6. The number of carbonyl (C=O) groups excluding carboxylic acids is 2. The Kier molecular flexibility index (Phi) is 4.98. The van der Waals surface area contributed by atoms with E-state index in [-0.39, 0.29) is 11.8 Å². The average Bonchev–Trinajstić information content (AvgIpc) is 3.29. The van der Waals surface area contributed by atoms with Gasteiger partial charge in [0.1, 0.15) is 24.4 Å². The molecule has 0 aliphatic rings. The molecule has 144 valence electrons. The predicted octanol–water partition coefficient (Wildman–Crippen LogP) is 3.28. The first-order valence-electron chi connectivity index (χ1n) is 9.02. The number of benzene rings is 2. The summed E-state index contributed by atoms with van der Waals surface area (Å²) < 4.78 is 1.47. The number of anilines is 2. The van der Waals surface area contributed by atoms with Crippen LogP contribution >= 0.6 is 0 Å². The molecule has 2 heterocycles. The van der Waals surface area contributed by atoms with E-state index in [1.54, 1.807) is 37.4 Å². The number of hydrogen-bond donors (Lipinski definition) is 2. The Morgan fingerprint density at radius 1 is 0.966 bits per heavy atom. The standard InChI is InChI=1S/C21H18N6O2/c1-14(27-13-22-12-24-27)20(28)25-16-6-8-17(9-7-16)26-21(29)19-18-5-3-2-4-15(18)10-11-23-19/h2-14H,1H3,(H,25,28)(H,26,29). The van der Waals surface area contributed by atoms with Gasteiger partial charge in [-0.15, -0.1) is 0 Å². The molecule has 8 heteroatoms. The fourth-order valence-corrected chi connectivity index (χ4v) is 2.91. The monoisotopic (exact) mass is 386 g/mol. The Morgan fingerprint density at radius 3 is 2.41 bits per heavy atom. The molecule has 1 atom stereocenters. The van der Waals surface area contributed by atoms with E-state index in [1.165, 1.54) is 17.3 Å². The van der Waals surface area contributed by atoms with Crippen LogP contribution in [0, 0.1) is 0 Å². The lowest BCUT2D eigenvalue weighted by Gasteiger charge is -2.12. The molecule has 4 aromatic rings. The maximum absolute atomic E-state index is 12.7. The summed E-state index contributed by atoms with van der Waals surface area (Å²) >= 11 is 0. The van der Waals surface area contributed by atoms with E-state index in [4.69, 9.17) is 0 Å². The van der Waals surface area contributed by atoms with Gasteiger partial charge < -0.3 is 10.6 Å². The fourth-order valence-electron chi connectivity index (χ4n) is 2.91. The smallest absolute Gasteiger partial charge is 0.274 e. The summed E-state index contributed by atoms with van der Waals surface area (Å²) in [6, 6.07) is 15.9. The van der Waals surface area contributed by atoms with Crippen molar-refractivity contribution in [1.29, 1.82) is 0 Å². The van der Waals surface area contributed by atoms with Gasteiger partial charge in [0.15, 0.2) is 0 Å². The summed E-state index contributed by atoms with van der Waals surface area (Å²) in [6.07, 6.45) is 4.49. The van der Waals surface area contributed by atoms with E-state index < -0.39 is 6.04 Å². The zero-order chi connectivity index (χ0) is 20.2. The highest BCUT2D eigenvalue weighted by Crippen LogP contribution is 2.19. The van der Waals surface area contributed by atoms with Crippen LogP contribution in [0.15, 0.2) is 73.4 Å². The minimum Gasteiger partial charge on any atom is -0.324 e. The van der Waals surface area contributed by atoms with Crippen molar-refractivity contribution in [3.05, 3.63) is 79.1 Å². The van der Waals surface area contributed by atoms with Crippen molar-refractivity contribution in [2.75, 3.05) is 10.6 Å². The van der Waals surface area contributed by atoms with Gasteiger partial charge in [-0.1, -0.05) is 24.3 Å². The quantitative estimate of drug-likeness (QED) is 0.548. The first-order valence-corrected chi connectivity index (χ1v) is 9.02. The van der Waals surface area contributed by atoms with Crippen molar-refractivity contribution in [3.63, 3.8) is 0 Å². The van der Waals surface area contributed by atoms with Crippen molar-refractivity contribution < 1.29 is 9.59 Å². The van der Waals surface area contributed by atoms with E-state index in [0.717, 1.165) is 10.8 Å². The number of nitrogens with one attached hydrogen (secondary N) is 2. The summed E-state index contributed by atoms with van der Waals surface area (Å²) in [5, 5.41) is 11.4. The third kappa shape index (κ3) is 3.96. The van der Waals surface area contributed by atoms with Gasteiger partial charge in [0.2, 0.25) is 5.91 Å². The van der Waals surface area contributed by atoms with Crippen molar-refractivity contribution in [3.8, 4) is 0 Å². The van der Waals surface area contributed by atoms with Gasteiger partial charge >= 0.3 is 0 Å². The van der Waals surface area contributed by atoms with Crippen LogP contribution in [-0.4, -0.2) is 31.6 Å². The summed E-state index contributed by atoms with van der Waals surface area (Å²) in [6.45, 7) is 1.73. The SMILES string of the molecule is CC(C(=O)Nc1ccc(NC(=O)c2nccc3ccccc23)cc1)n1cncn1. The molecule has 4 rings (SSSR count).